The molecule has 1 fully saturated rings. The summed E-state index contributed by atoms with van der Waals surface area (Å²) in [6, 6.07) is 4.22. The molecule has 4 heteroatoms. The first kappa shape index (κ1) is 13.4. The Hall–Kier alpha value is -1.03. The van der Waals surface area contributed by atoms with Gasteiger partial charge in [-0.05, 0) is 43.9 Å². The second kappa shape index (κ2) is 5.74. The molecule has 0 aromatic carbocycles. The number of hydrogen-bond acceptors (Lipinski definition) is 2. The lowest BCUT2D eigenvalue weighted by Gasteiger charge is -2.33. The fourth-order valence-electron chi connectivity index (χ4n) is 2.74. The Morgan fingerprint density at radius 2 is 2.17 bits per heavy atom. The van der Waals surface area contributed by atoms with Crippen LogP contribution in [0.25, 0.3) is 0 Å². The van der Waals surface area contributed by atoms with E-state index in [1.165, 1.54) is 0 Å². The highest BCUT2D eigenvalue weighted by Crippen LogP contribution is 2.37. The second-order valence-corrected chi connectivity index (χ2v) is 5.15. The van der Waals surface area contributed by atoms with E-state index in [4.69, 9.17) is 0 Å². The van der Waals surface area contributed by atoms with Gasteiger partial charge < -0.3 is 5.32 Å². The van der Waals surface area contributed by atoms with E-state index < -0.39 is 5.92 Å². The van der Waals surface area contributed by atoms with E-state index in [2.05, 4.69) is 10.3 Å². The number of halogens is 2. The summed E-state index contributed by atoms with van der Waals surface area (Å²) >= 11 is 0. The zero-order valence-electron chi connectivity index (χ0n) is 10.7. The summed E-state index contributed by atoms with van der Waals surface area (Å²) in [6.45, 7) is 0. The summed E-state index contributed by atoms with van der Waals surface area (Å²) in [5.74, 6) is -2.10. The van der Waals surface area contributed by atoms with Gasteiger partial charge in [-0.1, -0.05) is 6.07 Å². The molecule has 0 radical (unpaired) electrons. The van der Waals surface area contributed by atoms with Gasteiger partial charge in [0.2, 0.25) is 5.92 Å². The molecule has 1 N–H and O–H groups in total. The fourth-order valence-corrected chi connectivity index (χ4v) is 2.74. The Morgan fingerprint density at radius 1 is 1.44 bits per heavy atom. The van der Waals surface area contributed by atoms with E-state index in [0.29, 0.717) is 18.8 Å². The van der Waals surface area contributed by atoms with Crippen LogP contribution in [-0.4, -0.2) is 24.0 Å². The average Bonchev–Trinajstić information content (AvgIpc) is 2.38. The number of nitrogens with zero attached hydrogens (tertiary/aromatic N) is 1. The zero-order chi connectivity index (χ0) is 13.0. The number of likely N-dealkylation sites (N-methyl/N-ethyl adjacent to an activating group) is 1. The van der Waals surface area contributed by atoms with Gasteiger partial charge in [0.1, 0.15) is 0 Å². The molecule has 0 saturated heterocycles. The highest BCUT2D eigenvalue weighted by atomic mass is 19.3. The summed E-state index contributed by atoms with van der Waals surface area (Å²) in [5.41, 5.74) is 1.16. The molecule has 1 atom stereocenters. The molecule has 1 aromatic heterocycles. The van der Waals surface area contributed by atoms with Crippen molar-refractivity contribution >= 4 is 0 Å². The molecule has 1 saturated carbocycles. The van der Waals surface area contributed by atoms with E-state index in [-0.39, 0.29) is 18.9 Å². The third-order valence-electron chi connectivity index (χ3n) is 3.88. The molecule has 1 aromatic rings. The molecule has 1 aliphatic carbocycles. The third-order valence-corrected chi connectivity index (χ3v) is 3.88. The first-order chi connectivity index (χ1) is 8.61. The maximum absolute atomic E-state index is 13.1. The van der Waals surface area contributed by atoms with E-state index in [1.807, 2.05) is 25.4 Å². The molecule has 0 amide bonds. The zero-order valence-corrected chi connectivity index (χ0v) is 10.7. The van der Waals surface area contributed by atoms with Crippen molar-refractivity contribution in [3.05, 3.63) is 30.1 Å². The number of alkyl halides is 2. The van der Waals surface area contributed by atoms with Crippen LogP contribution in [0, 0.1) is 5.92 Å². The van der Waals surface area contributed by atoms with Crippen LogP contribution in [0.4, 0.5) is 8.78 Å². The fraction of sp³-hybridized carbons (Fsp3) is 0.643. The molecule has 1 heterocycles. The minimum absolute atomic E-state index is 0.0306. The molecule has 0 bridgehead atoms. The van der Waals surface area contributed by atoms with Gasteiger partial charge in [0.05, 0.1) is 0 Å². The standard InChI is InChI=1S/C14H20F2N2/c1-17-13(9-11-3-2-8-18-10-11)12-4-6-14(15,16)7-5-12/h2-3,8,10,12-13,17H,4-7,9H2,1H3. The molecule has 1 unspecified atom stereocenters. The van der Waals surface area contributed by atoms with E-state index in [0.717, 1.165) is 12.0 Å². The largest absolute Gasteiger partial charge is 0.316 e. The highest BCUT2D eigenvalue weighted by molar-refractivity contribution is 5.10. The summed E-state index contributed by atoms with van der Waals surface area (Å²) in [6.07, 6.45) is 5.74. The van der Waals surface area contributed by atoms with Crippen LogP contribution in [0.5, 0.6) is 0 Å². The van der Waals surface area contributed by atoms with Gasteiger partial charge in [0.15, 0.2) is 0 Å². The van der Waals surface area contributed by atoms with Crippen LogP contribution in [0.3, 0.4) is 0 Å². The molecule has 2 rings (SSSR count). The minimum atomic E-state index is -2.44. The van der Waals surface area contributed by atoms with Crippen molar-refractivity contribution < 1.29 is 8.78 Å². The number of rotatable bonds is 4. The molecular formula is C14H20F2N2. The molecule has 1 aliphatic rings. The summed E-state index contributed by atoms with van der Waals surface area (Å²) in [5, 5.41) is 3.27. The van der Waals surface area contributed by atoms with E-state index in [9.17, 15) is 8.78 Å². The Morgan fingerprint density at radius 3 is 2.72 bits per heavy atom. The molecule has 0 aliphatic heterocycles. The molecule has 0 spiro atoms. The van der Waals surface area contributed by atoms with Crippen molar-refractivity contribution in [1.82, 2.24) is 10.3 Å². The lowest BCUT2D eigenvalue weighted by molar-refractivity contribution is -0.0492. The maximum Gasteiger partial charge on any atom is 0.248 e. The van der Waals surface area contributed by atoms with Crippen LogP contribution in [-0.2, 0) is 6.42 Å². The lowest BCUT2D eigenvalue weighted by Crippen LogP contribution is -2.39. The van der Waals surface area contributed by atoms with Gasteiger partial charge in [-0.25, -0.2) is 8.78 Å². The summed E-state index contributed by atoms with van der Waals surface area (Å²) < 4.78 is 26.3. The smallest absolute Gasteiger partial charge is 0.248 e. The van der Waals surface area contributed by atoms with Crippen LogP contribution < -0.4 is 5.32 Å². The monoisotopic (exact) mass is 254 g/mol. The Bertz CT molecular complexity index is 357. The molecule has 18 heavy (non-hydrogen) atoms. The first-order valence-corrected chi connectivity index (χ1v) is 6.55. The predicted octanol–water partition coefficient (Wildman–Crippen LogP) is 3.04. The number of aromatic nitrogens is 1. The third kappa shape index (κ3) is 3.48. The van der Waals surface area contributed by atoms with Crippen molar-refractivity contribution in [1.29, 1.82) is 0 Å². The van der Waals surface area contributed by atoms with Gasteiger partial charge in [0.25, 0.3) is 0 Å². The van der Waals surface area contributed by atoms with Gasteiger partial charge >= 0.3 is 0 Å². The predicted molar refractivity (Wildman–Crippen MR) is 67.7 cm³/mol. The summed E-state index contributed by atoms with van der Waals surface area (Å²) in [4.78, 5) is 4.09. The van der Waals surface area contributed by atoms with Gasteiger partial charge in [-0.2, -0.15) is 0 Å². The lowest BCUT2D eigenvalue weighted by atomic mass is 9.80. The molecule has 100 valence electrons. The summed E-state index contributed by atoms with van der Waals surface area (Å²) in [7, 11) is 1.91. The van der Waals surface area contributed by atoms with Gasteiger partial charge in [-0.3, -0.25) is 4.98 Å². The van der Waals surface area contributed by atoms with Crippen molar-refractivity contribution in [2.45, 2.75) is 44.1 Å². The number of pyridine rings is 1. The molecular weight excluding hydrogens is 234 g/mol. The second-order valence-electron chi connectivity index (χ2n) is 5.15. The van der Waals surface area contributed by atoms with Crippen LogP contribution in [0.1, 0.15) is 31.2 Å². The van der Waals surface area contributed by atoms with E-state index >= 15 is 0 Å². The average molecular weight is 254 g/mol. The van der Waals surface area contributed by atoms with Crippen molar-refractivity contribution in [3.63, 3.8) is 0 Å². The Kier molecular flexibility index (Phi) is 4.27. The van der Waals surface area contributed by atoms with Crippen LogP contribution >= 0.6 is 0 Å². The molecule has 2 nitrogen and oxygen atoms in total. The highest BCUT2D eigenvalue weighted by Gasteiger charge is 2.37. The normalized spacial score (nSPS) is 21.7. The first-order valence-electron chi connectivity index (χ1n) is 6.55. The van der Waals surface area contributed by atoms with Crippen molar-refractivity contribution in [3.8, 4) is 0 Å². The van der Waals surface area contributed by atoms with Crippen molar-refractivity contribution in [2.24, 2.45) is 5.92 Å². The number of hydrogen-bond donors (Lipinski definition) is 1. The van der Waals surface area contributed by atoms with E-state index in [1.54, 1.807) is 6.20 Å². The van der Waals surface area contributed by atoms with Gasteiger partial charge in [-0.15, -0.1) is 0 Å². The quantitative estimate of drug-likeness (QED) is 0.893. The topological polar surface area (TPSA) is 24.9 Å². The minimum Gasteiger partial charge on any atom is -0.316 e. The Balaban J connectivity index is 1.94. The number of nitrogens with one attached hydrogen (secondary N) is 1. The van der Waals surface area contributed by atoms with Crippen LogP contribution in [0.2, 0.25) is 0 Å². The van der Waals surface area contributed by atoms with Crippen molar-refractivity contribution in [2.75, 3.05) is 7.05 Å². The SMILES string of the molecule is CNC(Cc1cccnc1)C1CCC(F)(F)CC1. The van der Waals surface area contributed by atoms with Gasteiger partial charge in [0, 0.05) is 31.3 Å². The maximum atomic E-state index is 13.1. The van der Waals surface area contributed by atoms with Crippen LogP contribution in [0.15, 0.2) is 24.5 Å². The Labute approximate surface area is 107 Å².